The van der Waals surface area contributed by atoms with E-state index in [0.29, 0.717) is 40.8 Å². The second-order valence-electron chi connectivity index (χ2n) is 8.94. The number of carbonyl (C=O) groups excluding carboxylic acids is 1. The molecule has 1 aliphatic rings. The second-order valence-corrected chi connectivity index (χ2v) is 8.94. The Kier molecular flexibility index (Phi) is 5.68. The number of carboxylic acids is 1. The number of nitrogens with one attached hydrogen (secondary N) is 1. The van der Waals surface area contributed by atoms with Crippen molar-refractivity contribution in [1.82, 2.24) is 19.7 Å². The molecule has 10 nitrogen and oxygen atoms in total. The maximum Gasteiger partial charge on any atom is 0.335 e. The number of aromatic hydroxyl groups is 1. The number of benzene rings is 3. The normalized spacial score (nSPS) is 13.2. The number of hydrogen-bond acceptors (Lipinski definition) is 6. The van der Waals surface area contributed by atoms with Crippen LogP contribution in [-0.4, -0.2) is 54.1 Å². The van der Waals surface area contributed by atoms with E-state index in [1.165, 1.54) is 29.5 Å². The van der Waals surface area contributed by atoms with Crippen LogP contribution in [0.4, 0.5) is 11.4 Å². The Balaban J connectivity index is 1.40. The fraction of sp³-hybridized carbons (Fsp3) is 0.107. The molecule has 10 heteroatoms. The minimum Gasteiger partial charge on any atom is -0.494 e. The number of aromatic amines is 1. The Morgan fingerprint density at radius 1 is 1.03 bits per heavy atom. The van der Waals surface area contributed by atoms with Crippen molar-refractivity contribution >= 4 is 39.9 Å². The van der Waals surface area contributed by atoms with Gasteiger partial charge in [0.15, 0.2) is 5.88 Å². The van der Waals surface area contributed by atoms with E-state index >= 15 is 0 Å². The molecular weight excluding hydrogens is 484 g/mol. The number of amides is 1. The lowest BCUT2D eigenvalue weighted by Gasteiger charge is -2.17. The average Bonchev–Trinajstić information content (AvgIpc) is 3.65. The van der Waals surface area contributed by atoms with Gasteiger partial charge in [0.2, 0.25) is 5.91 Å². The number of H-pyrrole nitrogens is 1. The van der Waals surface area contributed by atoms with Crippen LogP contribution in [0.1, 0.15) is 27.0 Å². The molecule has 0 spiro atoms. The van der Waals surface area contributed by atoms with Crippen molar-refractivity contribution in [3.8, 4) is 5.88 Å². The topological polar surface area (TPSA) is 137 Å². The van der Waals surface area contributed by atoms with E-state index in [1.54, 1.807) is 11.0 Å². The van der Waals surface area contributed by atoms with Crippen molar-refractivity contribution in [1.29, 1.82) is 0 Å². The number of hydrogen-bond donors (Lipinski definition) is 3. The van der Waals surface area contributed by atoms with Crippen LogP contribution in [0.5, 0.6) is 5.88 Å². The summed E-state index contributed by atoms with van der Waals surface area (Å²) in [5, 5.41) is 24.9. The van der Waals surface area contributed by atoms with Crippen LogP contribution in [-0.2, 0) is 17.8 Å². The molecule has 3 N–H and O–H groups in total. The minimum absolute atomic E-state index is 0.0695. The molecule has 0 bridgehead atoms. The molecule has 0 unspecified atom stereocenters. The quantitative estimate of drug-likeness (QED) is 0.299. The lowest BCUT2D eigenvalue weighted by atomic mass is 10.00. The van der Waals surface area contributed by atoms with Crippen LogP contribution in [0.2, 0.25) is 0 Å². The monoisotopic (exact) mass is 506 g/mol. The lowest BCUT2D eigenvalue weighted by molar-refractivity contribution is -0.119. The summed E-state index contributed by atoms with van der Waals surface area (Å²) in [6.45, 7) is 0.678. The van der Waals surface area contributed by atoms with Crippen molar-refractivity contribution < 1.29 is 19.8 Å². The summed E-state index contributed by atoms with van der Waals surface area (Å²) in [6.07, 6.45) is 3.61. The van der Waals surface area contributed by atoms with Crippen molar-refractivity contribution in [2.75, 3.05) is 11.4 Å². The molecule has 3 aromatic carbocycles. The Labute approximate surface area is 216 Å². The van der Waals surface area contributed by atoms with Crippen LogP contribution < -0.4 is 4.90 Å². The van der Waals surface area contributed by atoms with Gasteiger partial charge in [-0.3, -0.25) is 4.79 Å². The minimum atomic E-state index is -1.05. The summed E-state index contributed by atoms with van der Waals surface area (Å²) in [4.78, 5) is 37.8. The molecule has 0 atom stereocenters. The Morgan fingerprint density at radius 3 is 2.63 bits per heavy atom. The molecule has 0 aliphatic carbocycles. The highest BCUT2D eigenvalue weighted by Crippen LogP contribution is 2.35. The predicted octanol–water partition coefficient (Wildman–Crippen LogP) is 3.92. The molecule has 0 saturated carbocycles. The summed E-state index contributed by atoms with van der Waals surface area (Å²) in [6, 6.07) is 19.8. The SMILES string of the molecule is O=C(O)c1ccc2c(C(=Nc3ccc4c(c3)CCN4C(=O)Cn3cncn3)c3ccccc3)c(O)[nH]c2c1. The first-order valence-electron chi connectivity index (χ1n) is 12.0. The van der Waals surface area contributed by atoms with E-state index in [9.17, 15) is 19.8 Å². The van der Waals surface area contributed by atoms with Gasteiger partial charge in [-0.2, -0.15) is 5.10 Å². The van der Waals surface area contributed by atoms with Gasteiger partial charge in [-0.05, 0) is 42.3 Å². The van der Waals surface area contributed by atoms with Gasteiger partial charge in [0, 0.05) is 28.7 Å². The van der Waals surface area contributed by atoms with Gasteiger partial charge in [0.1, 0.15) is 19.2 Å². The predicted molar refractivity (Wildman–Crippen MR) is 141 cm³/mol. The zero-order valence-corrected chi connectivity index (χ0v) is 20.1. The molecule has 6 rings (SSSR count). The maximum atomic E-state index is 12.8. The molecule has 0 fully saturated rings. The van der Waals surface area contributed by atoms with E-state index in [4.69, 9.17) is 4.99 Å². The van der Waals surface area contributed by atoms with E-state index < -0.39 is 5.97 Å². The molecular formula is C28H22N6O4. The van der Waals surface area contributed by atoms with E-state index in [-0.39, 0.29) is 23.9 Å². The maximum absolute atomic E-state index is 12.8. The van der Waals surface area contributed by atoms with Gasteiger partial charge >= 0.3 is 5.97 Å². The van der Waals surface area contributed by atoms with E-state index in [0.717, 1.165) is 16.8 Å². The van der Waals surface area contributed by atoms with E-state index in [1.807, 2.05) is 48.5 Å². The van der Waals surface area contributed by atoms with Gasteiger partial charge in [-0.25, -0.2) is 19.5 Å². The number of fused-ring (bicyclic) bond motifs is 2. The summed E-state index contributed by atoms with van der Waals surface area (Å²) >= 11 is 0. The summed E-state index contributed by atoms with van der Waals surface area (Å²) in [5.74, 6) is -1.22. The lowest BCUT2D eigenvalue weighted by Crippen LogP contribution is -2.32. The molecule has 5 aromatic rings. The zero-order valence-electron chi connectivity index (χ0n) is 20.1. The molecule has 2 aromatic heterocycles. The van der Waals surface area contributed by atoms with Gasteiger partial charge in [0.05, 0.1) is 22.5 Å². The fourth-order valence-corrected chi connectivity index (χ4v) is 4.80. The molecule has 0 saturated heterocycles. The smallest absolute Gasteiger partial charge is 0.335 e. The number of aromatic nitrogens is 4. The van der Waals surface area contributed by atoms with Crippen LogP contribution in [0.25, 0.3) is 10.9 Å². The summed E-state index contributed by atoms with van der Waals surface area (Å²) in [7, 11) is 0. The molecule has 188 valence electrons. The number of aliphatic imine (C=N–C) groups is 1. The highest BCUT2D eigenvalue weighted by Gasteiger charge is 2.26. The van der Waals surface area contributed by atoms with Crippen molar-refractivity contribution in [2.24, 2.45) is 4.99 Å². The third-order valence-electron chi connectivity index (χ3n) is 6.57. The number of carboxylic acid groups (broad SMARTS) is 1. The first kappa shape index (κ1) is 23.2. The van der Waals surface area contributed by atoms with E-state index in [2.05, 4.69) is 15.1 Å². The van der Waals surface area contributed by atoms with Gasteiger partial charge in [-0.1, -0.05) is 36.4 Å². The van der Waals surface area contributed by atoms with Crippen molar-refractivity contribution in [3.63, 3.8) is 0 Å². The third-order valence-corrected chi connectivity index (χ3v) is 6.57. The van der Waals surface area contributed by atoms with Crippen molar-refractivity contribution in [3.05, 3.63) is 102 Å². The van der Waals surface area contributed by atoms with Crippen LogP contribution in [0.15, 0.2) is 84.4 Å². The first-order chi connectivity index (χ1) is 18.5. The molecule has 1 aliphatic heterocycles. The highest BCUT2D eigenvalue weighted by atomic mass is 16.4. The van der Waals surface area contributed by atoms with Gasteiger partial charge in [0.25, 0.3) is 0 Å². The highest BCUT2D eigenvalue weighted by molar-refractivity contribution is 6.22. The second kappa shape index (κ2) is 9.32. The zero-order chi connectivity index (χ0) is 26.2. The van der Waals surface area contributed by atoms with Gasteiger partial charge in [-0.15, -0.1) is 0 Å². The first-order valence-corrected chi connectivity index (χ1v) is 12.0. The number of nitrogens with zero attached hydrogens (tertiary/aromatic N) is 5. The summed E-state index contributed by atoms with van der Waals surface area (Å²) < 4.78 is 1.50. The Morgan fingerprint density at radius 2 is 1.87 bits per heavy atom. The Hall–Kier alpha value is -5.25. The Bertz CT molecular complexity index is 1710. The van der Waals surface area contributed by atoms with Crippen LogP contribution in [0, 0.1) is 0 Å². The molecule has 3 heterocycles. The largest absolute Gasteiger partial charge is 0.494 e. The average molecular weight is 507 g/mol. The molecule has 1 amide bonds. The number of rotatable bonds is 6. The van der Waals surface area contributed by atoms with Crippen LogP contribution >= 0.6 is 0 Å². The van der Waals surface area contributed by atoms with Crippen molar-refractivity contribution in [2.45, 2.75) is 13.0 Å². The van der Waals surface area contributed by atoms with Gasteiger partial charge < -0.3 is 20.1 Å². The number of carbonyl (C=O) groups is 2. The van der Waals surface area contributed by atoms with Crippen LogP contribution in [0.3, 0.4) is 0 Å². The standard InChI is InChI=1S/C28H22N6O4/c35-24(14-33-16-29-15-30-33)34-11-10-18-12-20(7-9-23(18)34)31-26(17-4-2-1-3-5-17)25-21-8-6-19(28(37)38)13-22(21)32-27(25)36/h1-9,12-13,15-16,32,36H,10-11,14H2,(H,37,38). The molecule has 38 heavy (non-hydrogen) atoms. The summed E-state index contributed by atoms with van der Waals surface area (Å²) in [5.41, 5.74) is 4.93. The number of aromatic carboxylic acids is 1. The number of anilines is 1. The third kappa shape index (κ3) is 4.17. The molecule has 0 radical (unpaired) electrons. The fourth-order valence-electron chi connectivity index (χ4n) is 4.80.